The Bertz CT molecular complexity index is 288. The van der Waals surface area contributed by atoms with Gasteiger partial charge in [0.25, 0.3) is 0 Å². The standard InChI is InChI=1S/C14H26N2O2/c1-11-5-8-15-12(11)13(18)16-9-14(10-17)6-3-2-4-7-14/h11-12,15,17H,2-10H2,1H3,(H,16,18). The van der Waals surface area contributed by atoms with Gasteiger partial charge in [0.05, 0.1) is 12.6 Å². The lowest BCUT2D eigenvalue weighted by molar-refractivity contribution is -0.124. The van der Waals surface area contributed by atoms with E-state index >= 15 is 0 Å². The molecule has 1 saturated heterocycles. The quantitative estimate of drug-likeness (QED) is 0.702. The van der Waals surface area contributed by atoms with Crippen molar-refractivity contribution in [2.45, 2.75) is 51.5 Å². The Morgan fingerprint density at radius 2 is 2.11 bits per heavy atom. The van der Waals surface area contributed by atoms with E-state index in [9.17, 15) is 9.90 Å². The number of rotatable bonds is 4. The number of carbonyl (C=O) groups is 1. The summed E-state index contributed by atoms with van der Waals surface area (Å²) < 4.78 is 0. The van der Waals surface area contributed by atoms with Gasteiger partial charge in [0.1, 0.15) is 0 Å². The number of amides is 1. The molecule has 1 aliphatic carbocycles. The molecule has 2 unspecified atom stereocenters. The van der Waals surface area contributed by atoms with Crippen molar-refractivity contribution in [1.82, 2.24) is 10.6 Å². The van der Waals surface area contributed by atoms with Crippen LogP contribution in [0.4, 0.5) is 0 Å². The molecule has 2 atom stereocenters. The van der Waals surface area contributed by atoms with Gasteiger partial charge in [0.15, 0.2) is 0 Å². The summed E-state index contributed by atoms with van der Waals surface area (Å²) in [5.74, 6) is 0.528. The minimum absolute atomic E-state index is 0.0377. The lowest BCUT2D eigenvalue weighted by atomic mass is 9.74. The SMILES string of the molecule is CC1CCNC1C(=O)NCC1(CO)CCCCC1. The van der Waals surface area contributed by atoms with Crippen LogP contribution >= 0.6 is 0 Å². The Morgan fingerprint density at radius 3 is 2.67 bits per heavy atom. The van der Waals surface area contributed by atoms with Gasteiger partial charge in [0.2, 0.25) is 5.91 Å². The van der Waals surface area contributed by atoms with E-state index in [2.05, 4.69) is 17.6 Å². The fourth-order valence-corrected chi connectivity index (χ4v) is 3.26. The first-order chi connectivity index (χ1) is 8.67. The second kappa shape index (κ2) is 6.02. The predicted octanol–water partition coefficient (Wildman–Crippen LogP) is 1.04. The van der Waals surface area contributed by atoms with Crippen LogP contribution in [0.25, 0.3) is 0 Å². The fraction of sp³-hybridized carbons (Fsp3) is 0.929. The van der Waals surface area contributed by atoms with Crippen molar-refractivity contribution in [3.05, 3.63) is 0 Å². The molecule has 2 fully saturated rings. The third-order valence-electron chi connectivity index (χ3n) is 4.70. The number of hydrogen-bond acceptors (Lipinski definition) is 3. The van der Waals surface area contributed by atoms with Gasteiger partial charge in [-0.25, -0.2) is 0 Å². The van der Waals surface area contributed by atoms with E-state index in [0.717, 1.165) is 25.8 Å². The number of carbonyl (C=O) groups excluding carboxylic acids is 1. The van der Waals surface area contributed by atoms with Gasteiger partial charge < -0.3 is 15.7 Å². The zero-order valence-electron chi connectivity index (χ0n) is 11.4. The third kappa shape index (κ3) is 3.04. The maximum Gasteiger partial charge on any atom is 0.237 e. The summed E-state index contributed by atoms with van der Waals surface area (Å²) in [6.45, 7) is 3.88. The summed E-state index contributed by atoms with van der Waals surface area (Å²) >= 11 is 0. The summed E-state index contributed by atoms with van der Waals surface area (Å²) in [7, 11) is 0. The molecule has 3 N–H and O–H groups in total. The Labute approximate surface area is 110 Å². The maximum absolute atomic E-state index is 12.1. The van der Waals surface area contributed by atoms with Gasteiger partial charge in [-0.2, -0.15) is 0 Å². The van der Waals surface area contributed by atoms with Crippen molar-refractivity contribution in [3.8, 4) is 0 Å². The molecule has 0 spiro atoms. The van der Waals surface area contributed by atoms with Crippen LogP contribution in [0.1, 0.15) is 45.4 Å². The molecule has 4 nitrogen and oxygen atoms in total. The minimum atomic E-state index is -0.0598. The molecule has 104 valence electrons. The van der Waals surface area contributed by atoms with Crippen LogP contribution in [0, 0.1) is 11.3 Å². The molecular weight excluding hydrogens is 228 g/mol. The van der Waals surface area contributed by atoms with Gasteiger partial charge in [-0.1, -0.05) is 26.2 Å². The second-order valence-corrected chi connectivity index (χ2v) is 6.13. The normalized spacial score (nSPS) is 31.2. The van der Waals surface area contributed by atoms with E-state index in [1.54, 1.807) is 0 Å². The highest BCUT2D eigenvalue weighted by molar-refractivity contribution is 5.82. The molecule has 4 heteroatoms. The van der Waals surface area contributed by atoms with Crippen LogP contribution in [-0.2, 0) is 4.79 Å². The van der Waals surface area contributed by atoms with Gasteiger partial charge in [0, 0.05) is 12.0 Å². The first-order valence-corrected chi connectivity index (χ1v) is 7.29. The summed E-state index contributed by atoms with van der Waals surface area (Å²) in [5, 5.41) is 15.9. The molecule has 18 heavy (non-hydrogen) atoms. The number of aliphatic hydroxyl groups excluding tert-OH is 1. The van der Waals surface area contributed by atoms with E-state index in [0.29, 0.717) is 12.5 Å². The van der Waals surface area contributed by atoms with Crippen molar-refractivity contribution in [2.75, 3.05) is 19.7 Å². The first-order valence-electron chi connectivity index (χ1n) is 7.29. The molecule has 0 radical (unpaired) electrons. The Morgan fingerprint density at radius 1 is 1.39 bits per heavy atom. The molecule has 1 amide bonds. The van der Waals surface area contributed by atoms with Crippen LogP contribution in [-0.4, -0.2) is 36.8 Å². The van der Waals surface area contributed by atoms with Crippen molar-refractivity contribution >= 4 is 5.91 Å². The molecule has 1 aliphatic heterocycles. The highest BCUT2D eigenvalue weighted by Crippen LogP contribution is 2.35. The molecule has 1 saturated carbocycles. The molecule has 0 aromatic carbocycles. The highest BCUT2D eigenvalue weighted by Gasteiger charge is 2.34. The first kappa shape index (κ1) is 13.8. The number of hydrogen-bond donors (Lipinski definition) is 3. The number of nitrogens with one attached hydrogen (secondary N) is 2. The topological polar surface area (TPSA) is 61.4 Å². The van der Waals surface area contributed by atoms with Gasteiger partial charge in [-0.15, -0.1) is 0 Å². The summed E-state index contributed by atoms with van der Waals surface area (Å²) in [6.07, 6.45) is 6.76. The van der Waals surface area contributed by atoms with Crippen LogP contribution in [0.15, 0.2) is 0 Å². The zero-order chi connectivity index (χ0) is 13.0. The van der Waals surface area contributed by atoms with E-state index in [4.69, 9.17) is 0 Å². The molecular formula is C14H26N2O2. The van der Waals surface area contributed by atoms with Crippen molar-refractivity contribution in [2.24, 2.45) is 11.3 Å². The smallest absolute Gasteiger partial charge is 0.237 e. The monoisotopic (exact) mass is 254 g/mol. The Kier molecular flexibility index (Phi) is 4.62. The minimum Gasteiger partial charge on any atom is -0.396 e. The van der Waals surface area contributed by atoms with E-state index in [1.165, 1.54) is 19.3 Å². The van der Waals surface area contributed by atoms with Gasteiger partial charge >= 0.3 is 0 Å². The maximum atomic E-state index is 12.1. The molecule has 2 aliphatic rings. The second-order valence-electron chi connectivity index (χ2n) is 6.13. The average Bonchev–Trinajstić information content (AvgIpc) is 2.83. The lowest BCUT2D eigenvalue weighted by Crippen LogP contribution is -2.48. The molecule has 1 heterocycles. The Balaban J connectivity index is 1.83. The van der Waals surface area contributed by atoms with Crippen LogP contribution in [0.3, 0.4) is 0 Å². The molecule has 0 aromatic rings. The van der Waals surface area contributed by atoms with Crippen molar-refractivity contribution < 1.29 is 9.90 Å². The molecule has 0 bridgehead atoms. The molecule has 0 aromatic heterocycles. The number of aliphatic hydroxyl groups is 1. The average molecular weight is 254 g/mol. The van der Waals surface area contributed by atoms with Gasteiger partial charge in [-0.05, 0) is 31.7 Å². The molecule has 2 rings (SSSR count). The summed E-state index contributed by atoms with van der Waals surface area (Å²) in [6, 6.07) is -0.0377. The van der Waals surface area contributed by atoms with E-state index in [-0.39, 0.29) is 24.0 Å². The lowest BCUT2D eigenvalue weighted by Gasteiger charge is -2.36. The Hall–Kier alpha value is -0.610. The van der Waals surface area contributed by atoms with Crippen molar-refractivity contribution in [1.29, 1.82) is 0 Å². The van der Waals surface area contributed by atoms with Crippen molar-refractivity contribution in [3.63, 3.8) is 0 Å². The third-order valence-corrected chi connectivity index (χ3v) is 4.70. The summed E-state index contributed by atoms with van der Waals surface area (Å²) in [5.41, 5.74) is -0.0598. The largest absolute Gasteiger partial charge is 0.396 e. The zero-order valence-corrected chi connectivity index (χ0v) is 11.4. The predicted molar refractivity (Wildman–Crippen MR) is 71.2 cm³/mol. The van der Waals surface area contributed by atoms with Crippen LogP contribution in [0.5, 0.6) is 0 Å². The summed E-state index contributed by atoms with van der Waals surface area (Å²) in [4.78, 5) is 12.1. The van der Waals surface area contributed by atoms with E-state index in [1.807, 2.05) is 0 Å². The van der Waals surface area contributed by atoms with Crippen LogP contribution in [0.2, 0.25) is 0 Å². The fourth-order valence-electron chi connectivity index (χ4n) is 3.26. The van der Waals surface area contributed by atoms with E-state index < -0.39 is 0 Å². The highest BCUT2D eigenvalue weighted by atomic mass is 16.3. The van der Waals surface area contributed by atoms with Gasteiger partial charge in [-0.3, -0.25) is 4.79 Å². The van der Waals surface area contributed by atoms with Crippen LogP contribution < -0.4 is 10.6 Å².